The van der Waals surface area contributed by atoms with Crippen molar-refractivity contribution in [3.8, 4) is 0 Å². The van der Waals surface area contributed by atoms with Crippen molar-refractivity contribution in [1.29, 1.82) is 0 Å². The Morgan fingerprint density at radius 1 is 1.78 bits per heavy atom. The van der Waals surface area contributed by atoms with Crippen LogP contribution in [0.2, 0.25) is 0 Å². The predicted molar refractivity (Wildman–Crippen MR) is 31.2 cm³/mol. The smallest absolute Gasteiger partial charge is 0.263 e. The lowest BCUT2D eigenvalue weighted by Gasteiger charge is -1.80. The lowest BCUT2D eigenvalue weighted by molar-refractivity contribution is -0.737. The van der Waals surface area contributed by atoms with E-state index in [1.54, 1.807) is 25.3 Å². The molecule has 0 aliphatic carbocycles. The molecule has 48 valence electrons. The average Bonchev–Trinajstić information content (AvgIpc) is 2.37. The van der Waals surface area contributed by atoms with Crippen LogP contribution in [0.15, 0.2) is 22.8 Å². The summed E-state index contributed by atoms with van der Waals surface area (Å²) in [6, 6.07) is 3.52. The van der Waals surface area contributed by atoms with E-state index in [1.807, 2.05) is 5.16 Å². The highest BCUT2D eigenvalue weighted by molar-refractivity contribution is 5.91. The first kappa shape index (κ1) is 5.88. The first-order valence-electron chi connectivity index (χ1n) is 2.62. The summed E-state index contributed by atoms with van der Waals surface area (Å²) in [5.74, 6) is 0.650. The summed E-state index contributed by atoms with van der Waals surface area (Å²) in [6.07, 6.45) is 1.55. The van der Waals surface area contributed by atoms with Gasteiger partial charge in [0.15, 0.2) is 5.76 Å². The maximum Gasteiger partial charge on any atom is 0.263 e. The standard InChI is InChI=1S/C6H7NO2/c1-5(7-8)6-3-2-4-9-6/h2-4,8H,1H3/p+1/b7-5+. The summed E-state index contributed by atoms with van der Waals surface area (Å²) in [5.41, 5.74) is 0.611. The molecule has 0 aliphatic heterocycles. The SMILES string of the molecule is C/C(=[NH+]\O)c1ccco1. The summed E-state index contributed by atoms with van der Waals surface area (Å²) in [6.45, 7) is 1.72. The normalized spacial score (nSPS) is 11.9. The first-order chi connectivity index (χ1) is 4.34. The third kappa shape index (κ3) is 1.10. The van der Waals surface area contributed by atoms with E-state index in [9.17, 15) is 0 Å². The molecule has 3 nitrogen and oxygen atoms in total. The Balaban J connectivity index is 2.90. The number of hydrogen-bond acceptors (Lipinski definition) is 2. The van der Waals surface area contributed by atoms with Gasteiger partial charge >= 0.3 is 0 Å². The summed E-state index contributed by atoms with van der Waals surface area (Å²) >= 11 is 0. The van der Waals surface area contributed by atoms with Crippen LogP contribution in [0.4, 0.5) is 0 Å². The highest BCUT2D eigenvalue weighted by Gasteiger charge is 2.03. The van der Waals surface area contributed by atoms with Gasteiger partial charge < -0.3 is 4.42 Å². The topological polar surface area (TPSA) is 47.3 Å². The first-order valence-corrected chi connectivity index (χ1v) is 2.62. The second-order valence-corrected chi connectivity index (χ2v) is 1.71. The molecule has 0 radical (unpaired) electrons. The molecule has 0 atom stereocenters. The lowest BCUT2D eigenvalue weighted by atomic mass is 10.3. The van der Waals surface area contributed by atoms with Crippen LogP contribution in [0.3, 0.4) is 0 Å². The van der Waals surface area contributed by atoms with Crippen molar-refractivity contribution in [3.05, 3.63) is 24.2 Å². The fraction of sp³-hybridized carbons (Fsp3) is 0.167. The fourth-order valence-electron chi connectivity index (χ4n) is 0.547. The van der Waals surface area contributed by atoms with Crippen molar-refractivity contribution in [2.45, 2.75) is 6.92 Å². The second kappa shape index (κ2) is 2.35. The molecule has 0 saturated carbocycles. The molecule has 1 rings (SSSR count). The van der Waals surface area contributed by atoms with Gasteiger partial charge in [-0.2, -0.15) is 0 Å². The van der Waals surface area contributed by atoms with Crippen LogP contribution in [0, 0.1) is 0 Å². The maximum absolute atomic E-state index is 8.36. The Bertz CT molecular complexity index is 201. The molecule has 3 heteroatoms. The minimum Gasteiger partial charge on any atom is -0.458 e. The Kier molecular flexibility index (Phi) is 1.53. The molecule has 0 spiro atoms. The molecule has 0 fully saturated rings. The molecule has 0 aromatic carbocycles. The van der Waals surface area contributed by atoms with Crippen molar-refractivity contribution in [1.82, 2.24) is 0 Å². The molecule has 1 aromatic rings. The van der Waals surface area contributed by atoms with Gasteiger partial charge in [-0.3, -0.25) is 5.21 Å². The van der Waals surface area contributed by atoms with E-state index in [0.29, 0.717) is 11.5 Å². The van der Waals surface area contributed by atoms with Crippen LogP contribution in [0.5, 0.6) is 0 Å². The second-order valence-electron chi connectivity index (χ2n) is 1.71. The maximum atomic E-state index is 8.36. The molecule has 0 unspecified atom stereocenters. The van der Waals surface area contributed by atoms with Crippen LogP contribution in [-0.4, -0.2) is 10.9 Å². The monoisotopic (exact) mass is 126 g/mol. The minimum atomic E-state index is 0.611. The van der Waals surface area contributed by atoms with Gasteiger partial charge in [0.1, 0.15) is 0 Å². The summed E-state index contributed by atoms with van der Waals surface area (Å²) < 4.78 is 4.93. The zero-order valence-corrected chi connectivity index (χ0v) is 5.09. The molecular formula is C6H8NO2+. The van der Waals surface area contributed by atoms with Gasteiger partial charge in [0.05, 0.1) is 6.26 Å². The van der Waals surface area contributed by atoms with Crippen LogP contribution in [0.1, 0.15) is 12.7 Å². The van der Waals surface area contributed by atoms with E-state index in [2.05, 4.69) is 0 Å². The van der Waals surface area contributed by atoms with Gasteiger partial charge in [0.2, 0.25) is 0 Å². The van der Waals surface area contributed by atoms with Crippen LogP contribution in [-0.2, 0) is 0 Å². The average molecular weight is 126 g/mol. The van der Waals surface area contributed by atoms with Crippen LogP contribution >= 0.6 is 0 Å². The third-order valence-corrected chi connectivity index (χ3v) is 1.06. The van der Waals surface area contributed by atoms with E-state index in [1.165, 1.54) is 0 Å². The van der Waals surface area contributed by atoms with E-state index >= 15 is 0 Å². The van der Waals surface area contributed by atoms with Gasteiger partial charge in [-0.05, 0) is 17.3 Å². The fourth-order valence-corrected chi connectivity index (χ4v) is 0.547. The Hall–Kier alpha value is -1.25. The van der Waals surface area contributed by atoms with Crippen molar-refractivity contribution in [2.24, 2.45) is 0 Å². The molecular weight excluding hydrogens is 118 g/mol. The van der Waals surface area contributed by atoms with Crippen molar-refractivity contribution in [3.63, 3.8) is 0 Å². The van der Waals surface area contributed by atoms with Crippen molar-refractivity contribution in [2.75, 3.05) is 0 Å². The molecule has 0 aliphatic rings. The Labute approximate surface area is 52.6 Å². The number of furan rings is 1. The summed E-state index contributed by atoms with van der Waals surface area (Å²) in [7, 11) is 0. The largest absolute Gasteiger partial charge is 0.458 e. The lowest BCUT2D eigenvalue weighted by Crippen LogP contribution is -2.68. The number of rotatable bonds is 1. The van der Waals surface area contributed by atoms with Gasteiger partial charge in [-0.25, -0.2) is 0 Å². The number of hydrogen-bond donors (Lipinski definition) is 2. The molecule has 9 heavy (non-hydrogen) atoms. The highest BCUT2D eigenvalue weighted by Crippen LogP contribution is 1.97. The quantitative estimate of drug-likeness (QED) is 0.304. The Morgan fingerprint density at radius 3 is 3.00 bits per heavy atom. The summed E-state index contributed by atoms with van der Waals surface area (Å²) in [4.78, 5) is 0. The van der Waals surface area contributed by atoms with Gasteiger partial charge in [-0.15, -0.1) is 0 Å². The highest BCUT2D eigenvalue weighted by atomic mass is 16.4. The van der Waals surface area contributed by atoms with Crippen LogP contribution < -0.4 is 5.16 Å². The van der Waals surface area contributed by atoms with Gasteiger partial charge in [-0.1, -0.05) is 0 Å². The minimum absolute atomic E-state index is 0.611. The van der Waals surface area contributed by atoms with E-state index in [0.717, 1.165) is 0 Å². The van der Waals surface area contributed by atoms with Crippen molar-refractivity contribution < 1.29 is 14.8 Å². The number of nitrogens with one attached hydrogen (secondary N) is 1. The molecule has 0 bridgehead atoms. The van der Waals surface area contributed by atoms with E-state index < -0.39 is 0 Å². The van der Waals surface area contributed by atoms with E-state index in [4.69, 9.17) is 9.62 Å². The van der Waals surface area contributed by atoms with Crippen LogP contribution in [0.25, 0.3) is 0 Å². The molecule has 2 N–H and O–H groups in total. The molecule has 0 saturated heterocycles. The van der Waals surface area contributed by atoms with Gasteiger partial charge in [0, 0.05) is 6.92 Å². The Morgan fingerprint density at radius 2 is 2.56 bits per heavy atom. The molecule has 0 amide bonds. The van der Waals surface area contributed by atoms with E-state index in [-0.39, 0.29) is 0 Å². The van der Waals surface area contributed by atoms with Gasteiger partial charge in [0.25, 0.3) is 5.71 Å². The van der Waals surface area contributed by atoms with Crippen molar-refractivity contribution >= 4 is 5.71 Å². The summed E-state index contributed by atoms with van der Waals surface area (Å²) in [5, 5.41) is 10.3. The predicted octanol–water partition coefficient (Wildman–Crippen LogP) is -0.442. The zero-order valence-electron chi connectivity index (χ0n) is 5.09. The molecule has 1 heterocycles. The zero-order chi connectivity index (χ0) is 6.69. The molecule has 1 aromatic heterocycles. The third-order valence-electron chi connectivity index (χ3n) is 1.06.